The molecule has 0 spiro atoms. The number of rotatable bonds is 3. The Morgan fingerprint density at radius 2 is 1.94 bits per heavy atom. The van der Waals surface area contributed by atoms with Crippen molar-refractivity contribution in [3.8, 4) is 0 Å². The minimum atomic E-state index is -0.319. The van der Waals surface area contributed by atoms with E-state index < -0.39 is 0 Å². The molecule has 0 radical (unpaired) electrons. The van der Waals surface area contributed by atoms with Gasteiger partial charge in [0.1, 0.15) is 5.60 Å². The van der Waals surface area contributed by atoms with Gasteiger partial charge in [-0.3, -0.25) is 0 Å². The topological polar surface area (TPSA) is 55.2 Å². The molecule has 1 fully saturated rings. The summed E-state index contributed by atoms with van der Waals surface area (Å²) in [6, 6.07) is 0. The number of aliphatic hydroxyl groups is 1. The monoisotopic (exact) mass is 236 g/mol. The molecule has 2 rings (SSSR count). The molecule has 1 heterocycles. The van der Waals surface area contributed by atoms with Crippen LogP contribution in [0.5, 0.6) is 0 Å². The lowest BCUT2D eigenvalue weighted by molar-refractivity contribution is -0.0598. The summed E-state index contributed by atoms with van der Waals surface area (Å²) < 4.78 is 5.70. The van der Waals surface area contributed by atoms with Crippen molar-refractivity contribution in [2.24, 2.45) is 5.92 Å². The molecule has 1 N–H and O–H groups in total. The summed E-state index contributed by atoms with van der Waals surface area (Å²) in [6.45, 7) is 2.26. The molecular formula is C13H20N2O2. The van der Waals surface area contributed by atoms with E-state index >= 15 is 0 Å². The second-order valence-electron chi connectivity index (χ2n) is 4.95. The van der Waals surface area contributed by atoms with Crippen LogP contribution < -0.4 is 0 Å². The predicted octanol–water partition coefficient (Wildman–Crippen LogP) is 2.02. The summed E-state index contributed by atoms with van der Waals surface area (Å²) in [7, 11) is 1.74. The van der Waals surface area contributed by atoms with Crippen molar-refractivity contribution in [2.45, 2.75) is 44.8 Å². The van der Waals surface area contributed by atoms with Crippen molar-refractivity contribution in [1.29, 1.82) is 0 Å². The van der Waals surface area contributed by atoms with Crippen LogP contribution >= 0.6 is 0 Å². The zero-order valence-electron chi connectivity index (χ0n) is 10.5. The van der Waals surface area contributed by atoms with Gasteiger partial charge in [-0.05, 0) is 31.6 Å². The summed E-state index contributed by atoms with van der Waals surface area (Å²) in [6.07, 6.45) is 7.62. The number of hydrogen-bond donors (Lipinski definition) is 1. The fraction of sp³-hybridized carbons (Fsp3) is 0.692. The Balaban J connectivity index is 2.21. The van der Waals surface area contributed by atoms with E-state index in [1.807, 2.05) is 0 Å². The van der Waals surface area contributed by atoms with E-state index in [1.165, 1.54) is 0 Å². The average molecular weight is 236 g/mol. The normalized spacial score (nSPS) is 29.2. The van der Waals surface area contributed by atoms with E-state index in [9.17, 15) is 0 Å². The molecule has 0 atom stereocenters. The smallest absolute Gasteiger partial charge is 0.160 e. The van der Waals surface area contributed by atoms with E-state index in [0.717, 1.165) is 43.0 Å². The molecule has 1 saturated carbocycles. The van der Waals surface area contributed by atoms with Gasteiger partial charge in [-0.25, -0.2) is 9.97 Å². The molecule has 1 aliphatic rings. The predicted molar refractivity (Wildman–Crippen MR) is 64.3 cm³/mol. The third-order valence-electron chi connectivity index (χ3n) is 3.77. The highest BCUT2D eigenvalue weighted by Crippen LogP contribution is 2.40. The molecule has 0 aromatic carbocycles. The minimum Gasteiger partial charge on any atom is -0.392 e. The maximum atomic E-state index is 8.98. The van der Waals surface area contributed by atoms with Gasteiger partial charge in [0.15, 0.2) is 5.82 Å². The van der Waals surface area contributed by atoms with Gasteiger partial charge >= 0.3 is 0 Å². The molecule has 4 nitrogen and oxygen atoms in total. The molecule has 0 aliphatic heterocycles. The lowest BCUT2D eigenvalue weighted by Gasteiger charge is -2.36. The molecule has 0 bridgehead atoms. The Morgan fingerprint density at radius 3 is 2.41 bits per heavy atom. The number of aliphatic hydroxyl groups excluding tert-OH is 1. The van der Waals surface area contributed by atoms with Crippen LogP contribution in [0.2, 0.25) is 0 Å². The third-order valence-corrected chi connectivity index (χ3v) is 3.77. The molecule has 94 valence electrons. The molecule has 0 unspecified atom stereocenters. The Kier molecular flexibility index (Phi) is 3.74. The molecule has 1 aromatic rings. The highest BCUT2D eigenvalue weighted by atomic mass is 16.5. The molecule has 0 amide bonds. The molecule has 0 saturated heterocycles. The fourth-order valence-electron chi connectivity index (χ4n) is 2.42. The number of aromatic nitrogens is 2. The number of methoxy groups -OCH3 is 1. The van der Waals surface area contributed by atoms with Crippen LogP contribution in [0.3, 0.4) is 0 Å². The van der Waals surface area contributed by atoms with Gasteiger partial charge in [-0.15, -0.1) is 0 Å². The Hall–Kier alpha value is -1.00. The first-order chi connectivity index (χ1) is 8.20. The van der Waals surface area contributed by atoms with Crippen LogP contribution in [0.4, 0.5) is 0 Å². The largest absolute Gasteiger partial charge is 0.392 e. The van der Waals surface area contributed by atoms with E-state index in [4.69, 9.17) is 9.84 Å². The highest BCUT2D eigenvalue weighted by molar-refractivity contribution is 5.10. The van der Waals surface area contributed by atoms with Crippen LogP contribution in [0.25, 0.3) is 0 Å². The van der Waals surface area contributed by atoms with Gasteiger partial charge in [0.05, 0.1) is 6.61 Å². The van der Waals surface area contributed by atoms with Gasteiger partial charge in [-0.2, -0.15) is 0 Å². The second kappa shape index (κ2) is 5.10. The van der Waals surface area contributed by atoms with Crippen molar-refractivity contribution in [2.75, 3.05) is 7.11 Å². The van der Waals surface area contributed by atoms with Gasteiger partial charge in [0.2, 0.25) is 0 Å². The molecule has 4 heteroatoms. The second-order valence-corrected chi connectivity index (χ2v) is 4.95. The van der Waals surface area contributed by atoms with Gasteiger partial charge < -0.3 is 9.84 Å². The Bertz CT molecular complexity index is 356. The van der Waals surface area contributed by atoms with Crippen molar-refractivity contribution in [1.82, 2.24) is 9.97 Å². The summed E-state index contributed by atoms with van der Waals surface area (Å²) in [5.41, 5.74) is 0.421. The first-order valence-corrected chi connectivity index (χ1v) is 6.17. The van der Waals surface area contributed by atoms with E-state index in [1.54, 1.807) is 19.5 Å². The van der Waals surface area contributed by atoms with Crippen molar-refractivity contribution >= 4 is 0 Å². The van der Waals surface area contributed by atoms with E-state index in [0.29, 0.717) is 0 Å². The van der Waals surface area contributed by atoms with Crippen LogP contribution in [-0.2, 0) is 16.9 Å². The average Bonchev–Trinajstić information content (AvgIpc) is 2.40. The molecular weight excluding hydrogens is 216 g/mol. The number of hydrogen-bond acceptors (Lipinski definition) is 4. The maximum Gasteiger partial charge on any atom is 0.160 e. The first kappa shape index (κ1) is 12.5. The van der Waals surface area contributed by atoms with Crippen LogP contribution in [0, 0.1) is 5.92 Å². The van der Waals surface area contributed by atoms with E-state index in [2.05, 4.69) is 16.9 Å². The fourth-order valence-corrected chi connectivity index (χ4v) is 2.42. The van der Waals surface area contributed by atoms with Crippen molar-refractivity contribution in [3.05, 3.63) is 23.8 Å². The summed E-state index contributed by atoms with van der Waals surface area (Å²) in [4.78, 5) is 8.69. The zero-order valence-corrected chi connectivity index (χ0v) is 10.5. The van der Waals surface area contributed by atoms with Crippen molar-refractivity contribution in [3.63, 3.8) is 0 Å². The number of nitrogens with zero attached hydrogens (tertiary/aromatic N) is 2. The van der Waals surface area contributed by atoms with Crippen LogP contribution in [0.1, 0.15) is 44.0 Å². The van der Waals surface area contributed by atoms with Crippen LogP contribution in [-0.4, -0.2) is 22.2 Å². The van der Waals surface area contributed by atoms with Crippen molar-refractivity contribution < 1.29 is 9.84 Å². The van der Waals surface area contributed by atoms with Gasteiger partial charge in [0.25, 0.3) is 0 Å². The molecule has 1 aromatic heterocycles. The molecule has 1 aliphatic carbocycles. The summed E-state index contributed by atoms with van der Waals surface area (Å²) in [5, 5.41) is 8.98. The summed E-state index contributed by atoms with van der Waals surface area (Å²) in [5.74, 6) is 1.51. The highest BCUT2D eigenvalue weighted by Gasteiger charge is 2.38. The van der Waals surface area contributed by atoms with Crippen LogP contribution in [0.15, 0.2) is 12.4 Å². The molecule has 17 heavy (non-hydrogen) atoms. The lowest BCUT2D eigenvalue weighted by Crippen LogP contribution is -2.35. The van der Waals surface area contributed by atoms with E-state index in [-0.39, 0.29) is 12.2 Å². The maximum absolute atomic E-state index is 8.98. The third kappa shape index (κ3) is 2.48. The standard InChI is InChI=1S/C13H20N2O2/c1-10-3-5-13(17-2,6-4-10)12-14-7-11(9-16)8-15-12/h7-8,10,16H,3-6,9H2,1-2H3. The van der Waals surface area contributed by atoms with Gasteiger partial charge in [0, 0.05) is 25.1 Å². The quantitative estimate of drug-likeness (QED) is 0.872. The number of ether oxygens (including phenoxy) is 1. The van der Waals surface area contributed by atoms with Gasteiger partial charge in [-0.1, -0.05) is 6.92 Å². The lowest BCUT2D eigenvalue weighted by atomic mass is 9.79. The minimum absolute atomic E-state index is 0.0166. The SMILES string of the molecule is COC1(c2ncc(CO)cn2)CCC(C)CC1. The first-order valence-electron chi connectivity index (χ1n) is 6.17. The summed E-state index contributed by atoms with van der Waals surface area (Å²) >= 11 is 0. The Morgan fingerprint density at radius 1 is 1.35 bits per heavy atom. The Labute approximate surface area is 102 Å². The zero-order chi connectivity index (χ0) is 12.3.